The number of nitrogens with two attached hydrogens (primary N) is 2. The highest BCUT2D eigenvalue weighted by Crippen LogP contribution is 2.34. The zero-order valence-corrected chi connectivity index (χ0v) is 31.1. The second-order valence-electron chi connectivity index (χ2n) is 14.8. The lowest BCUT2D eigenvalue weighted by molar-refractivity contribution is -0.134. The van der Waals surface area contributed by atoms with E-state index in [1.54, 1.807) is 59.5 Å². The van der Waals surface area contributed by atoms with Crippen LogP contribution in [0.2, 0.25) is 0 Å². The summed E-state index contributed by atoms with van der Waals surface area (Å²) >= 11 is 0. The van der Waals surface area contributed by atoms with E-state index in [0.29, 0.717) is 41.8 Å². The molecular weight excluding hydrogens is 750 g/mol. The van der Waals surface area contributed by atoms with Crippen LogP contribution in [-0.2, 0) is 35.3 Å². The Hall–Kier alpha value is -6.97. The van der Waals surface area contributed by atoms with Gasteiger partial charge in [0.1, 0.15) is 17.3 Å². The third-order valence-electron chi connectivity index (χ3n) is 11.2. The molecule has 3 aromatic rings. The Labute approximate surface area is 330 Å². The summed E-state index contributed by atoms with van der Waals surface area (Å²) in [7, 11) is 0. The molecule has 9 rings (SSSR count). The largest absolute Gasteiger partial charge is 0.398 e. The maximum absolute atomic E-state index is 12.3. The molecule has 0 spiro atoms. The van der Waals surface area contributed by atoms with E-state index in [0.717, 1.165) is 15.4 Å². The maximum atomic E-state index is 12.3. The monoisotopic (exact) mass is 787 g/mol. The standard InChI is InChI=1S/C14H12N2O4.C14H14N2O3.C14H11NO4/c15-9-3-1-2-8-12(9)14(20)16(13(8)19)10-5-4-7(17)6-11(10)18;15-11-3-1-2-9-10(11)7-16(14(9)19)12-5-4-8(17)6-13(12)18;16-8-5-6-11(12(17)7-8)15-13(18)9-3-1-2-4-10(9)14(15)19/h1-3,10H,4-6,15H2;1-3,12H,4-7,15H2;1-4,11H,5-7H2. The minimum Gasteiger partial charge on any atom is -0.398 e. The van der Waals surface area contributed by atoms with Crippen molar-refractivity contribution in [2.24, 2.45) is 0 Å². The van der Waals surface area contributed by atoms with Gasteiger partial charge in [0, 0.05) is 48.3 Å². The molecule has 3 unspecified atom stereocenters. The van der Waals surface area contributed by atoms with Crippen molar-refractivity contribution in [3.05, 3.63) is 94.0 Å². The van der Waals surface area contributed by atoms with Gasteiger partial charge in [0.15, 0.2) is 17.3 Å². The zero-order valence-electron chi connectivity index (χ0n) is 31.1. The van der Waals surface area contributed by atoms with Crippen molar-refractivity contribution in [1.29, 1.82) is 0 Å². The number of anilines is 2. The topological polar surface area (TPSA) is 250 Å². The van der Waals surface area contributed by atoms with E-state index in [1.807, 2.05) is 0 Å². The van der Waals surface area contributed by atoms with Gasteiger partial charge in [0.25, 0.3) is 29.5 Å². The number of fused-ring (bicyclic) bond motifs is 3. The molecule has 3 aliphatic carbocycles. The summed E-state index contributed by atoms with van der Waals surface area (Å²) in [5.41, 5.74) is 14.8. The van der Waals surface area contributed by atoms with Gasteiger partial charge in [-0.15, -0.1) is 0 Å². The maximum Gasteiger partial charge on any atom is 0.264 e. The molecule has 3 aliphatic heterocycles. The van der Waals surface area contributed by atoms with Crippen LogP contribution in [0.25, 0.3) is 0 Å². The predicted molar refractivity (Wildman–Crippen MR) is 202 cm³/mol. The number of nitrogen functional groups attached to an aromatic ring is 2. The minimum absolute atomic E-state index is 0.0371. The second kappa shape index (κ2) is 15.5. The lowest BCUT2D eigenvalue weighted by atomic mass is 9.92. The van der Waals surface area contributed by atoms with Crippen LogP contribution < -0.4 is 11.5 Å². The normalized spacial score (nSPS) is 22.7. The van der Waals surface area contributed by atoms with Crippen molar-refractivity contribution in [2.75, 3.05) is 11.5 Å². The minimum atomic E-state index is -0.848. The molecule has 16 nitrogen and oxygen atoms in total. The van der Waals surface area contributed by atoms with Crippen LogP contribution in [0, 0.1) is 0 Å². The van der Waals surface area contributed by atoms with Gasteiger partial charge < -0.3 is 16.4 Å². The molecule has 3 atom stereocenters. The molecule has 3 aromatic carbocycles. The van der Waals surface area contributed by atoms with Crippen LogP contribution in [0.1, 0.15) is 115 Å². The fourth-order valence-electron chi connectivity index (χ4n) is 8.19. The molecule has 0 radical (unpaired) electrons. The van der Waals surface area contributed by atoms with E-state index in [9.17, 15) is 52.7 Å². The van der Waals surface area contributed by atoms with E-state index in [-0.39, 0.29) is 102 Å². The first kappa shape index (κ1) is 39.3. The first-order valence-electron chi connectivity index (χ1n) is 18.7. The summed E-state index contributed by atoms with van der Waals surface area (Å²) in [5.74, 6) is -3.28. The summed E-state index contributed by atoms with van der Waals surface area (Å²) < 4.78 is 0. The summed E-state index contributed by atoms with van der Waals surface area (Å²) in [6, 6.07) is 14.3. The number of Topliss-reactive ketones (excluding diaryl/α,β-unsaturated/α-hetero) is 6. The number of carbonyl (C=O) groups is 11. The molecule has 0 aromatic heterocycles. The van der Waals surface area contributed by atoms with Crippen LogP contribution in [-0.4, -0.2) is 97.1 Å². The highest BCUT2D eigenvalue weighted by molar-refractivity contribution is 6.26. The Morgan fingerprint density at radius 1 is 0.431 bits per heavy atom. The number of ketones is 6. The van der Waals surface area contributed by atoms with Crippen LogP contribution in [0.3, 0.4) is 0 Å². The van der Waals surface area contributed by atoms with Crippen LogP contribution >= 0.6 is 0 Å². The molecule has 5 amide bonds. The number of imide groups is 2. The third-order valence-corrected chi connectivity index (χ3v) is 11.2. The molecule has 4 N–H and O–H groups in total. The van der Waals surface area contributed by atoms with Crippen molar-refractivity contribution in [3.8, 4) is 0 Å². The average Bonchev–Trinajstić information content (AvgIpc) is 3.75. The number of benzene rings is 3. The van der Waals surface area contributed by atoms with E-state index < -0.39 is 41.8 Å². The fourth-order valence-corrected chi connectivity index (χ4v) is 8.19. The van der Waals surface area contributed by atoms with E-state index >= 15 is 0 Å². The Bertz CT molecular complexity index is 2370. The van der Waals surface area contributed by atoms with Gasteiger partial charge in [-0.3, -0.25) is 62.5 Å². The van der Waals surface area contributed by atoms with Gasteiger partial charge in [-0.05, 0) is 55.7 Å². The number of amides is 5. The van der Waals surface area contributed by atoms with Gasteiger partial charge in [-0.1, -0.05) is 24.3 Å². The highest BCUT2D eigenvalue weighted by atomic mass is 16.2. The highest BCUT2D eigenvalue weighted by Gasteiger charge is 2.46. The van der Waals surface area contributed by atoms with Crippen LogP contribution in [0.5, 0.6) is 0 Å². The van der Waals surface area contributed by atoms with Crippen molar-refractivity contribution in [2.45, 2.75) is 82.5 Å². The van der Waals surface area contributed by atoms with Crippen LogP contribution in [0.15, 0.2) is 60.7 Å². The first-order valence-corrected chi connectivity index (χ1v) is 18.7. The SMILES string of the molecule is Nc1cccc2c1C(=O)N(C1CCC(=O)CC1=O)C2=O.Nc1cccc2c1CN(C1CCC(=O)CC1=O)C2=O.O=C1CCC(N2C(=O)c3ccccc3C2=O)C(=O)C1. The fraction of sp³-hybridized carbons (Fsp3) is 0.310. The summed E-state index contributed by atoms with van der Waals surface area (Å²) in [6.45, 7) is 0.367. The number of nitrogens with zero attached hydrogens (tertiary/aromatic N) is 3. The molecule has 296 valence electrons. The third kappa shape index (κ3) is 7.01. The Balaban J connectivity index is 0.000000132. The Morgan fingerprint density at radius 3 is 1.31 bits per heavy atom. The molecule has 3 saturated carbocycles. The Kier molecular flexibility index (Phi) is 10.5. The lowest BCUT2D eigenvalue weighted by Crippen LogP contribution is -2.47. The molecule has 0 saturated heterocycles. The second-order valence-corrected chi connectivity index (χ2v) is 14.8. The van der Waals surface area contributed by atoms with Gasteiger partial charge in [-0.25, -0.2) is 0 Å². The average molecular weight is 788 g/mol. The molecule has 3 fully saturated rings. The summed E-state index contributed by atoms with van der Waals surface area (Å²) in [6.07, 6.45) is 1.23. The van der Waals surface area contributed by atoms with Crippen molar-refractivity contribution in [3.63, 3.8) is 0 Å². The van der Waals surface area contributed by atoms with Crippen molar-refractivity contribution >= 4 is 75.6 Å². The molecule has 58 heavy (non-hydrogen) atoms. The van der Waals surface area contributed by atoms with Crippen molar-refractivity contribution < 1.29 is 52.7 Å². The Morgan fingerprint density at radius 2 is 0.845 bits per heavy atom. The van der Waals surface area contributed by atoms with E-state index in [4.69, 9.17) is 11.5 Å². The van der Waals surface area contributed by atoms with Gasteiger partial charge >= 0.3 is 0 Å². The molecule has 6 aliphatic rings. The smallest absolute Gasteiger partial charge is 0.264 e. The molecular formula is C42H37N5O11. The molecule has 3 heterocycles. The zero-order chi connectivity index (χ0) is 41.6. The number of hydrogen-bond acceptors (Lipinski definition) is 13. The number of carbonyl (C=O) groups excluding carboxylic acids is 11. The quantitative estimate of drug-likeness (QED) is 0.220. The molecule has 16 heteroatoms. The number of hydrogen-bond donors (Lipinski definition) is 2. The molecule has 0 bridgehead atoms. The first-order chi connectivity index (χ1) is 27.7. The number of rotatable bonds is 3. The van der Waals surface area contributed by atoms with Gasteiger partial charge in [-0.2, -0.15) is 0 Å². The van der Waals surface area contributed by atoms with Crippen LogP contribution in [0.4, 0.5) is 11.4 Å². The van der Waals surface area contributed by atoms with Gasteiger partial charge in [0.05, 0.1) is 59.6 Å². The van der Waals surface area contributed by atoms with E-state index in [2.05, 4.69) is 0 Å². The summed E-state index contributed by atoms with van der Waals surface area (Å²) in [4.78, 5) is 134. The van der Waals surface area contributed by atoms with E-state index in [1.165, 1.54) is 6.07 Å². The predicted octanol–water partition coefficient (Wildman–Crippen LogP) is 2.44. The summed E-state index contributed by atoms with van der Waals surface area (Å²) in [5, 5.41) is 0. The van der Waals surface area contributed by atoms with Gasteiger partial charge in [0.2, 0.25) is 0 Å². The lowest BCUT2D eigenvalue weighted by Gasteiger charge is -2.29. The van der Waals surface area contributed by atoms with Crippen molar-refractivity contribution in [1.82, 2.24) is 14.7 Å².